The van der Waals surface area contributed by atoms with Crippen LogP contribution in [0.1, 0.15) is 48.3 Å². The number of piperidine rings is 1. The Bertz CT molecular complexity index is 402. The molecule has 0 saturated carbocycles. The number of likely N-dealkylation sites (tertiary alicyclic amines) is 1. The van der Waals surface area contributed by atoms with Crippen molar-refractivity contribution >= 4 is 11.3 Å². The fourth-order valence-corrected chi connectivity index (χ4v) is 4.03. The summed E-state index contributed by atoms with van der Waals surface area (Å²) in [5, 5.41) is 1.18. The summed E-state index contributed by atoms with van der Waals surface area (Å²) >= 11 is 1.84. The van der Waals surface area contributed by atoms with Gasteiger partial charge in [-0.25, -0.2) is 4.98 Å². The molecule has 2 heterocycles. The molecule has 102 valence electrons. The summed E-state index contributed by atoms with van der Waals surface area (Å²) in [5.74, 6) is 0.665. The Kier molecular flexibility index (Phi) is 4.41. The molecule has 0 amide bonds. The fourth-order valence-electron chi connectivity index (χ4n) is 3.03. The molecule has 2 rings (SSSR count). The Morgan fingerprint density at radius 1 is 1.44 bits per heavy atom. The van der Waals surface area contributed by atoms with Crippen molar-refractivity contribution in [1.82, 2.24) is 9.88 Å². The first-order valence-corrected chi connectivity index (χ1v) is 7.74. The largest absolute Gasteiger partial charge is 0.330 e. The number of nitrogens with zero attached hydrogens (tertiary/aromatic N) is 2. The highest BCUT2D eigenvalue weighted by Gasteiger charge is 2.30. The van der Waals surface area contributed by atoms with Gasteiger partial charge in [0.2, 0.25) is 0 Å². The zero-order valence-corrected chi connectivity index (χ0v) is 12.8. The Morgan fingerprint density at radius 2 is 2.17 bits per heavy atom. The maximum absolute atomic E-state index is 5.85. The Balaban J connectivity index is 2.16. The van der Waals surface area contributed by atoms with Crippen LogP contribution < -0.4 is 5.73 Å². The monoisotopic (exact) mass is 267 g/mol. The predicted octanol–water partition coefficient (Wildman–Crippen LogP) is 2.88. The van der Waals surface area contributed by atoms with Crippen molar-refractivity contribution in [1.29, 1.82) is 0 Å². The minimum Gasteiger partial charge on any atom is -0.330 e. The minimum absolute atomic E-state index is 0.473. The number of aromatic nitrogens is 1. The summed E-state index contributed by atoms with van der Waals surface area (Å²) in [6.45, 7) is 10.8. The molecule has 3 atom stereocenters. The molecule has 18 heavy (non-hydrogen) atoms. The normalized spacial score (nSPS) is 27.4. The van der Waals surface area contributed by atoms with Crippen LogP contribution in [0.3, 0.4) is 0 Å². The van der Waals surface area contributed by atoms with Crippen LogP contribution in [-0.4, -0.2) is 29.0 Å². The zero-order chi connectivity index (χ0) is 13.3. The van der Waals surface area contributed by atoms with E-state index in [9.17, 15) is 0 Å². The molecule has 0 aliphatic carbocycles. The molecule has 1 fully saturated rings. The van der Waals surface area contributed by atoms with E-state index in [2.05, 4.69) is 37.6 Å². The second-order valence-corrected chi connectivity index (χ2v) is 6.82. The minimum atomic E-state index is 0.473. The molecule has 1 aliphatic rings. The van der Waals surface area contributed by atoms with Gasteiger partial charge in [0.1, 0.15) is 0 Å². The standard InChI is InChI=1S/C14H25N3S/c1-9-5-6-13(7-15)8-17(9)11(3)14-10(2)16-12(4)18-14/h9,11,13H,5-8,15H2,1-4H3. The maximum atomic E-state index is 5.85. The molecule has 3 nitrogen and oxygen atoms in total. The molecule has 3 unspecified atom stereocenters. The Hall–Kier alpha value is -0.450. The lowest BCUT2D eigenvalue weighted by Crippen LogP contribution is -2.44. The van der Waals surface area contributed by atoms with Gasteiger partial charge in [-0.15, -0.1) is 11.3 Å². The summed E-state index contributed by atoms with van der Waals surface area (Å²) in [5.41, 5.74) is 7.05. The van der Waals surface area contributed by atoms with Crippen LogP contribution in [-0.2, 0) is 0 Å². The summed E-state index contributed by atoms with van der Waals surface area (Å²) in [6, 6.07) is 1.13. The van der Waals surface area contributed by atoms with E-state index < -0.39 is 0 Å². The van der Waals surface area contributed by atoms with E-state index in [-0.39, 0.29) is 0 Å². The van der Waals surface area contributed by atoms with E-state index >= 15 is 0 Å². The van der Waals surface area contributed by atoms with Gasteiger partial charge in [-0.3, -0.25) is 4.90 Å². The van der Waals surface area contributed by atoms with Gasteiger partial charge in [0.25, 0.3) is 0 Å². The maximum Gasteiger partial charge on any atom is 0.0900 e. The molecule has 0 aromatic carbocycles. The molecule has 2 N–H and O–H groups in total. The lowest BCUT2D eigenvalue weighted by Gasteiger charge is -2.41. The lowest BCUT2D eigenvalue weighted by molar-refractivity contribution is 0.0824. The molecule has 0 radical (unpaired) electrons. The van der Waals surface area contributed by atoms with Crippen LogP contribution >= 0.6 is 11.3 Å². The number of hydrogen-bond donors (Lipinski definition) is 1. The lowest BCUT2D eigenvalue weighted by atomic mass is 9.92. The average molecular weight is 267 g/mol. The molecule has 1 aliphatic heterocycles. The summed E-state index contributed by atoms with van der Waals surface area (Å²) in [4.78, 5) is 8.60. The van der Waals surface area contributed by atoms with Crippen LogP contribution in [0.4, 0.5) is 0 Å². The second-order valence-electron chi connectivity index (χ2n) is 5.58. The van der Waals surface area contributed by atoms with Crippen molar-refractivity contribution in [2.75, 3.05) is 13.1 Å². The third kappa shape index (κ3) is 2.76. The van der Waals surface area contributed by atoms with Crippen molar-refractivity contribution < 1.29 is 0 Å². The van der Waals surface area contributed by atoms with Crippen LogP contribution in [0.2, 0.25) is 0 Å². The molecule has 0 spiro atoms. The topological polar surface area (TPSA) is 42.2 Å². The van der Waals surface area contributed by atoms with Crippen molar-refractivity contribution in [3.8, 4) is 0 Å². The Morgan fingerprint density at radius 3 is 2.72 bits per heavy atom. The number of aryl methyl sites for hydroxylation is 2. The fraction of sp³-hybridized carbons (Fsp3) is 0.786. The zero-order valence-electron chi connectivity index (χ0n) is 11.9. The summed E-state index contributed by atoms with van der Waals surface area (Å²) < 4.78 is 0. The highest BCUT2D eigenvalue weighted by atomic mass is 32.1. The molecule has 1 aromatic rings. The van der Waals surface area contributed by atoms with Gasteiger partial charge < -0.3 is 5.73 Å². The van der Waals surface area contributed by atoms with Gasteiger partial charge >= 0.3 is 0 Å². The van der Waals surface area contributed by atoms with E-state index in [0.717, 1.165) is 13.1 Å². The van der Waals surface area contributed by atoms with Crippen LogP contribution in [0, 0.1) is 19.8 Å². The van der Waals surface area contributed by atoms with E-state index in [1.165, 1.54) is 28.4 Å². The molecular weight excluding hydrogens is 242 g/mol. The van der Waals surface area contributed by atoms with E-state index in [4.69, 9.17) is 5.73 Å². The van der Waals surface area contributed by atoms with Crippen molar-refractivity contribution in [3.63, 3.8) is 0 Å². The summed E-state index contributed by atoms with van der Waals surface area (Å²) in [6.07, 6.45) is 2.55. The molecule has 1 saturated heterocycles. The van der Waals surface area contributed by atoms with Gasteiger partial charge in [0.05, 0.1) is 10.7 Å². The highest BCUT2D eigenvalue weighted by Crippen LogP contribution is 2.34. The van der Waals surface area contributed by atoms with Crippen molar-refractivity contribution in [3.05, 3.63) is 15.6 Å². The van der Waals surface area contributed by atoms with Gasteiger partial charge in [0.15, 0.2) is 0 Å². The molecule has 0 bridgehead atoms. The van der Waals surface area contributed by atoms with Crippen molar-refractivity contribution in [2.24, 2.45) is 11.7 Å². The van der Waals surface area contributed by atoms with E-state index in [0.29, 0.717) is 18.0 Å². The Labute approximate surface area is 114 Å². The van der Waals surface area contributed by atoms with Gasteiger partial charge in [0, 0.05) is 23.5 Å². The molecular formula is C14H25N3S. The number of rotatable bonds is 3. The van der Waals surface area contributed by atoms with E-state index in [1.807, 2.05) is 11.3 Å². The smallest absolute Gasteiger partial charge is 0.0900 e. The number of nitrogens with two attached hydrogens (primary N) is 1. The van der Waals surface area contributed by atoms with Crippen LogP contribution in [0.15, 0.2) is 0 Å². The SMILES string of the molecule is Cc1nc(C)c(C(C)N2CC(CN)CCC2C)s1. The van der Waals surface area contributed by atoms with Crippen molar-refractivity contribution in [2.45, 2.75) is 52.6 Å². The second kappa shape index (κ2) is 5.68. The first kappa shape index (κ1) is 14.0. The number of hydrogen-bond acceptors (Lipinski definition) is 4. The highest BCUT2D eigenvalue weighted by molar-refractivity contribution is 7.11. The van der Waals surface area contributed by atoms with Crippen LogP contribution in [0.25, 0.3) is 0 Å². The summed E-state index contributed by atoms with van der Waals surface area (Å²) in [7, 11) is 0. The first-order valence-electron chi connectivity index (χ1n) is 6.92. The van der Waals surface area contributed by atoms with Crippen LogP contribution in [0.5, 0.6) is 0 Å². The van der Waals surface area contributed by atoms with Gasteiger partial charge in [-0.2, -0.15) is 0 Å². The molecule has 4 heteroatoms. The first-order chi connectivity index (χ1) is 8.52. The predicted molar refractivity (Wildman–Crippen MR) is 77.9 cm³/mol. The quantitative estimate of drug-likeness (QED) is 0.915. The third-order valence-electron chi connectivity index (χ3n) is 4.18. The third-order valence-corrected chi connectivity index (χ3v) is 5.42. The van der Waals surface area contributed by atoms with Gasteiger partial charge in [-0.05, 0) is 53.0 Å². The molecule has 1 aromatic heterocycles. The number of thiazole rings is 1. The van der Waals surface area contributed by atoms with Gasteiger partial charge in [-0.1, -0.05) is 0 Å². The van der Waals surface area contributed by atoms with E-state index in [1.54, 1.807) is 0 Å². The average Bonchev–Trinajstić information content (AvgIpc) is 2.68.